The highest BCUT2D eigenvalue weighted by molar-refractivity contribution is 7.19. The molecule has 0 saturated heterocycles. The van der Waals surface area contributed by atoms with Gasteiger partial charge in [-0.15, -0.1) is 11.3 Å². The van der Waals surface area contributed by atoms with Crippen molar-refractivity contribution in [2.45, 2.75) is 46.0 Å². The first kappa shape index (κ1) is 23.0. The van der Waals surface area contributed by atoms with E-state index in [1.165, 1.54) is 29.5 Å². The fourth-order valence-corrected chi connectivity index (χ4v) is 5.29. The van der Waals surface area contributed by atoms with Crippen LogP contribution < -0.4 is 21.1 Å². The van der Waals surface area contributed by atoms with Crippen molar-refractivity contribution in [1.29, 1.82) is 5.41 Å². The van der Waals surface area contributed by atoms with Crippen LogP contribution in [0.1, 0.15) is 49.1 Å². The quantitative estimate of drug-likeness (QED) is 0.210. The number of aromatic nitrogens is 2. The van der Waals surface area contributed by atoms with Crippen molar-refractivity contribution in [3.8, 4) is 5.75 Å². The maximum atomic E-state index is 11.9. The number of nitrogen functional groups attached to an aromatic ring is 1. The summed E-state index contributed by atoms with van der Waals surface area (Å²) in [6, 6.07) is 3.50. The summed E-state index contributed by atoms with van der Waals surface area (Å²) in [5.41, 5.74) is 9.17. The lowest BCUT2D eigenvalue weighted by Gasteiger charge is -2.17. The van der Waals surface area contributed by atoms with E-state index in [0.29, 0.717) is 48.2 Å². The van der Waals surface area contributed by atoms with Crippen LogP contribution in [0, 0.1) is 11.3 Å². The SMILES string of the molecule is CC(C)CC(=O)NCCOc1cc(N)c(C=N)cc1Nc1ncnc2sc3c(c12)CCCC3. The number of carbonyl (C=O) groups excluding carboxylic acids is 1. The molecule has 0 unspecified atom stereocenters. The minimum Gasteiger partial charge on any atom is -0.489 e. The molecular weight excluding hydrogens is 436 g/mol. The third-order valence-electron chi connectivity index (χ3n) is 5.62. The smallest absolute Gasteiger partial charge is 0.220 e. The second kappa shape index (κ2) is 10.2. The molecule has 9 heteroatoms. The van der Waals surface area contributed by atoms with Gasteiger partial charge in [0.25, 0.3) is 0 Å². The third kappa shape index (κ3) is 5.24. The lowest BCUT2D eigenvalue weighted by Crippen LogP contribution is -2.28. The van der Waals surface area contributed by atoms with E-state index >= 15 is 0 Å². The standard InChI is InChI=1S/C24H30N6O2S/c1-14(2)9-21(31)27-7-8-32-19-11-17(26)15(12-25)10-18(19)30-23-22-16-5-3-4-6-20(16)33-24(22)29-13-28-23/h10-14,25H,3-9,26H2,1-2H3,(H,27,31)(H,28,29,30). The zero-order valence-electron chi connectivity index (χ0n) is 19.0. The number of fused-ring (bicyclic) bond motifs is 3. The van der Waals surface area contributed by atoms with E-state index in [-0.39, 0.29) is 5.91 Å². The largest absolute Gasteiger partial charge is 0.489 e. The van der Waals surface area contributed by atoms with Gasteiger partial charge in [-0.25, -0.2) is 9.97 Å². The van der Waals surface area contributed by atoms with Gasteiger partial charge in [-0.2, -0.15) is 0 Å². The number of amides is 1. The number of benzene rings is 1. The van der Waals surface area contributed by atoms with Crippen molar-refractivity contribution in [1.82, 2.24) is 15.3 Å². The molecule has 0 bridgehead atoms. The molecule has 0 aliphatic heterocycles. The van der Waals surface area contributed by atoms with Gasteiger partial charge in [0.05, 0.1) is 17.6 Å². The number of nitrogens with zero attached hydrogens (tertiary/aromatic N) is 2. The van der Waals surface area contributed by atoms with Crippen LogP contribution >= 0.6 is 11.3 Å². The molecule has 0 spiro atoms. The van der Waals surface area contributed by atoms with Crippen LogP contribution in [-0.2, 0) is 17.6 Å². The van der Waals surface area contributed by atoms with Gasteiger partial charge in [-0.05, 0) is 43.2 Å². The summed E-state index contributed by atoms with van der Waals surface area (Å²) in [5.74, 6) is 1.60. The predicted octanol–water partition coefficient (Wildman–Crippen LogP) is 4.43. The van der Waals surface area contributed by atoms with Crippen molar-refractivity contribution < 1.29 is 9.53 Å². The van der Waals surface area contributed by atoms with Crippen molar-refractivity contribution >= 4 is 50.9 Å². The monoisotopic (exact) mass is 466 g/mol. The first-order chi connectivity index (χ1) is 16.0. The summed E-state index contributed by atoms with van der Waals surface area (Å²) >= 11 is 1.74. The summed E-state index contributed by atoms with van der Waals surface area (Å²) in [6.07, 6.45) is 7.79. The van der Waals surface area contributed by atoms with E-state index < -0.39 is 0 Å². The van der Waals surface area contributed by atoms with Gasteiger partial charge < -0.3 is 26.5 Å². The topological polar surface area (TPSA) is 126 Å². The molecule has 1 aliphatic rings. The fourth-order valence-electron chi connectivity index (χ4n) is 4.06. The number of rotatable bonds is 9. The number of carbonyl (C=O) groups is 1. The average Bonchev–Trinajstić information content (AvgIpc) is 3.17. The van der Waals surface area contributed by atoms with Crippen LogP contribution in [-0.4, -0.2) is 35.2 Å². The Morgan fingerprint density at radius 2 is 2.12 bits per heavy atom. The Balaban J connectivity index is 1.58. The fraction of sp³-hybridized carbons (Fsp3) is 0.417. The minimum absolute atomic E-state index is 0.0104. The molecule has 0 saturated carbocycles. The van der Waals surface area contributed by atoms with Gasteiger partial charge in [0.2, 0.25) is 5.91 Å². The molecular formula is C24H30N6O2S. The number of anilines is 3. The zero-order chi connectivity index (χ0) is 23.4. The summed E-state index contributed by atoms with van der Waals surface area (Å²) < 4.78 is 5.98. The Labute approximate surface area is 197 Å². The van der Waals surface area contributed by atoms with E-state index in [1.807, 2.05) is 13.8 Å². The second-order valence-electron chi connectivity index (χ2n) is 8.66. The summed E-state index contributed by atoms with van der Waals surface area (Å²) in [5, 5.41) is 15.0. The number of nitrogens with two attached hydrogens (primary N) is 1. The molecule has 2 heterocycles. The van der Waals surface area contributed by atoms with Crippen LogP contribution in [0.3, 0.4) is 0 Å². The van der Waals surface area contributed by atoms with E-state index in [9.17, 15) is 4.79 Å². The number of hydrogen-bond donors (Lipinski definition) is 4. The molecule has 0 fully saturated rings. The molecule has 1 aliphatic carbocycles. The summed E-state index contributed by atoms with van der Waals surface area (Å²) in [7, 11) is 0. The summed E-state index contributed by atoms with van der Waals surface area (Å²) in [6.45, 7) is 4.72. The minimum atomic E-state index is 0.0104. The Bertz CT molecular complexity index is 1170. The zero-order valence-corrected chi connectivity index (χ0v) is 19.8. The highest BCUT2D eigenvalue weighted by atomic mass is 32.1. The average molecular weight is 467 g/mol. The Morgan fingerprint density at radius 3 is 2.91 bits per heavy atom. The Morgan fingerprint density at radius 1 is 1.30 bits per heavy atom. The van der Waals surface area contributed by atoms with Gasteiger partial charge in [0.15, 0.2) is 0 Å². The first-order valence-electron chi connectivity index (χ1n) is 11.3. The molecule has 1 amide bonds. The molecule has 8 nitrogen and oxygen atoms in total. The Kier molecular flexibility index (Phi) is 7.08. The normalized spacial score (nSPS) is 13.1. The summed E-state index contributed by atoms with van der Waals surface area (Å²) in [4.78, 5) is 23.3. The highest BCUT2D eigenvalue weighted by Crippen LogP contribution is 2.40. The molecule has 5 N–H and O–H groups in total. The predicted molar refractivity (Wildman–Crippen MR) is 134 cm³/mol. The van der Waals surface area contributed by atoms with Crippen LogP contribution in [0.25, 0.3) is 10.2 Å². The Hall–Kier alpha value is -3.20. The number of hydrogen-bond acceptors (Lipinski definition) is 8. The van der Waals surface area contributed by atoms with Crippen molar-refractivity contribution in [2.24, 2.45) is 5.92 Å². The molecule has 33 heavy (non-hydrogen) atoms. The number of nitrogens with one attached hydrogen (secondary N) is 3. The molecule has 2 aromatic heterocycles. The van der Waals surface area contributed by atoms with E-state index in [1.54, 1.807) is 29.8 Å². The van der Waals surface area contributed by atoms with Crippen LogP contribution in [0.4, 0.5) is 17.2 Å². The molecule has 4 rings (SSSR count). The lowest BCUT2D eigenvalue weighted by molar-refractivity contribution is -0.121. The second-order valence-corrected chi connectivity index (χ2v) is 9.74. The highest BCUT2D eigenvalue weighted by Gasteiger charge is 2.21. The van der Waals surface area contributed by atoms with Gasteiger partial charge >= 0.3 is 0 Å². The van der Waals surface area contributed by atoms with Crippen LogP contribution in [0.15, 0.2) is 18.5 Å². The van der Waals surface area contributed by atoms with Crippen LogP contribution in [0.5, 0.6) is 5.75 Å². The van der Waals surface area contributed by atoms with Gasteiger partial charge in [-0.1, -0.05) is 13.8 Å². The molecule has 3 aromatic rings. The van der Waals surface area contributed by atoms with Gasteiger partial charge in [-0.3, -0.25) is 4.79 Å². The maximum absolute atomic E-state index is 11.9. The number of thiophene rings is 1. The molecule has 174 valence electrons. The van der Waals surface area contributed by atoms with Gasteiger partial charge in [0, 0.05) is 34.8 Å². The van der Waals surface area contributed by atoms with E-state index in [0.717, 1.165) is 28.9 Å². The van der Waals surface area contributed by atoms with E-state index in [2.05, 4.69) is 20.6 Å². The third-order valence-corrected chi connectivity index (χ3v) is 6.82. The van der Waals surface area contributed by atoms with Crippen LogP contribution in [0.2, 0.25) is 0 Å². The number of ether oxygens (including phenoxy) is 1. The molecule has 0 radical (unpaired) electrons. The van der Waals surface area contributed by atoms with Crippen molar-refractivity contribution in [3.05, 3.63) is 34.5 Å². The van der Waals surface area contributed by atoms with Crippen molar-refractivity contribution in [2.75, 3.05) is 24.2 Å². The van der Waals surface area contributed by atoms with Gasteiger partial charge in [0.1, 0.15) is 29.3 Å². The molecule has 1 aromatic carbocycles. The van der Waals surface area contributed by atoms with Crippen molar-refractivity contribution in [3.63, 3.8) is 0 Å². The number of aryl methyl sites for hydroxylation is 2. The first-order valence-corrected chi connectivity index (χ1v) is 12.1. The molecule has 0 atom stereocenters. The maximum Gasteiger partial charge on any atom is 0.220 e. The lowest BCUT2D eigenvalue weighted by atomic mass is 9.97. The van der Waals surface area contributed by atoms with E-state index in [4.69, 9.17) is 15.9 Å².